The molecule has 4 rings (SSSR count). The molecular weight excluding hydrogens is 492 g/mol. The lowest BCUT2D eigenvalue weighted by Crippen LogP contribution is -2.23. The second kappa shape index (κ2) is 11.4. The molecule has 0 fully saturated rings. The summed E-state index contributed by atoms with van der Waals surface area (Å²) >= 11 is 6.15. The van der Waals surface area contributed by atoms with Gasteiger partial charge in [-0.05, 0) is 61.2 Å². The maximum Gasteiger partial charge on any atom is 0.261 e. The zero-order valence-electron chi connectivity index (χ0n) is 20.5. The van der Waals surface area contributed by atoms with E-state index in [1.54, 1.807) is 30.3 Å². The number of aryl methyl sites for hydroxylation is 1. The molecule has 0 aliphatic carbocycles. The van der Waals surface area contributed by atoms with E-state index in [1.165, 1.54) is 19.4 Å². The normalized spacial score (nSPS) is 11.8. The largest absolute Gasteiger partial charge is 0.481 e. The number of methoxy groups -OCH3 is 1. The average Bonchev–Trinajstić information content (AvgIpc) is 2.88. The number of nitrogens with two attached hydrogens (primary N) is 1. The van der Waals surface area contributed by atoms with E-state index >= 15 is 0 Å². The fourth-order valence-corrected chi connectivity index (χ4v) is 4.37. The zero-order valence-corrected chi connectivity index (χ0v) is 21.3. The van der Waals surface area contributed by atoms with Gasteiger partial charge in [0.2, 0.25) is 5.88 Å². The molecule has 1 unspecified atom stereocenters. The van der Waals surface area contributed by atoms with Crippen LogP contribution in [0.2, 0.25) is 5.02 Å². The van der Waals surface area contributed by atoms with E-state index in [2.05, 4.69) is 15.3 Å². The summed E-state index contributed by atoms with van der Waals surface area (Å²) in [4.78, 5) is 45.6. The van der Waals surface area contributed by atoms with Gasteiger partial charge in [-0.15, -0.1) is 0 Å². The zero-order chi connectivity index (χ0) is 26.5. The molecule has 0 aliphatic rings. The third kappa shape index (κ3) is 6.04. The summed E-state index contributed by atoms with van der Waals surface area (Å²) in [5, 5.41) is 3.96. The molecule has 190 valence electrons. The summed E-state index contributed by atoms with van der Waals surface area (Å²) in [5.74, 6) is -0.412. The molecule has 1 atom stereocenters. The number of ketones is 1. The predicted octanol–water partition coefficient (Wildman–Crippen LogP) is 4.85. The van der Waals surface area contributed by atoms with Crippen LogP contribution in [-0.2, 0) is 0 Å². The van der Waals surface area contributed by atoms with Crippen molar-refractivity contribution >= 4 is 39.9 Å². The van der Waals surface area contributed by atoms with Gasteiger partial charge in [0.25, 0.3) is 11.5 Å². The molecule has 2 aromatic heterocycles. The number of H-pyrrole nitrogens is 1. The van der Waals surface area contributed by atoms with Gasteiger partial charge >= 0.3 is 0 Å². The van der Waals surface area contributed by atoms with Crippen molar-refractivity contribution in [3.8, 4) is 5.88 Å². The van der Waals surface area contributed by atoms with E-state index in [0.717, 1.165) is 11.1 Å². The number of nitrogens with zero attached hydrogens (tertiary/aromatic N) is 1. The lowest BCUT2D eigenvalue weighted by atomic mass is 9.88. The van der Waals surface area contributed by atoms with E-state index in [0.29, 0.717) is 46.0 Å². The number of hydrogen-bond donors (Lipinski definition) is 3. The van der Waals surface area contributed by atoms with Gasteiger partial charge in [0.15, 0.2) is 5.78 Å². The van der Waals surface area contributed by atoms with Gasteiger partial charge in [-0.25, -0.2) is 4.98 Å². The number of aromatic nitrogens is 2. The fourth-order valence-electron chi connectivity index (χ4n) is 4.17. The third-order valence-electron chi connectivity index (χ3n) is 6.23. The number of amides is 1. The monoisotopic (exact) mass is 518 g/mol. The lowest BCUT2D eigenvalue weighted by molar-refractivity contribution is 0.0970. The molecule has 1 amide bonds. The first-order valence-electron chi connectivity index (χ1n) is 11.8. The van der Waals surface area contributed by atoms with Crippen molar-refractivity contribution in [3.63, 3.8) is 0 Å². The number of carbonyl (C=O) groups excluding carboxylic acids is 2. The molecular formula is C28H27ClN4O4. The summed E-state index contributed by atoms with van der Waals surface area (Å²) in [6.45, 7) is 2.25. The van der Waals surface area contributed by atoms with Crippen molar-refractivity contribution in [2.24, 2.45) is 5.73 Å². The van der Waals surface area contributed by atoms with E-state index in [1.807, 2.05) is 25.1 Å². The SMILES string of the molecule is COc1cc2[nH]c(=O)c(C(=O)Nc3cc(C(=O)CC(CCN)c4cccc(Cl)c4)ccc3C)cc2cn1. The molecule has 4 aromatic rings. The molecule has 0 spiro atoms. The first-order valence-corrected chi connectivity index (χ1v) is 12.1. The van der Waals surface area contributed by atoms with Crippen molar-refractivity contribution < 1.29 is 14.3 Å². The molecule has 0 saturated carbocycles. The van der Waals surface area contributed by atoms with Crippen LogP contribution in [0, 0.1) is 6.92 Å². The van der Waals surface area contributed by atoms with Crippen molar-refractivity contribution in [2.45, 2.75) is 25.7 Å². The minimum atomic E-state index is -0.591. The number of carbonyl (C=O) groups is 2. The molecule has 0 saturated heterocycles. The smallest absolute Gasteiger partial charge is 0.261 e. The first-order chi connectivity index (χ1) is 17.8. The number of fused-ring (bicyclic) bond motifs is 1. The Kier molecular flexibility index (Phi) is 8.01. The summed E-state index contributed by atoms with van der Waals surface area (Å²) in [7, 11) is 1.48. The van der Waals surface area contributed by atoms with Crippen LogP contribution in [0.5, 0.6) is 5.88 Å². The van der Waals surface area contributed by atoms with Gasteiger partial charge in [0.1, 0.15) is 5.56 Å². The van der Waals surface area contributed by atoms with Crippen molar-refractivity contribution in [1.29, 1.82) is 0 Å². The maximum atomic E-state index is 13.2. The summed E-state index contributed by atoms with van der Waals surface area (Å²) in [5.41, 5.74) is 8.29. The van der Waals surface area contributed by atoms with Crippen molar-refractivity contribution in [1.82, 2.24) is 9.97 Å². The topological polar surface area (TPSA) is 127 Å². The van der Waals surface area contributed by atoms with Crippen LogP contribution >= 0.6 is 11.6 Å². The van der Waals surface area contributed by atoms with Crippen LogP contribution in [0.3, 0.4) is 0 Å². The highest BCUT2D eigenvalue weighted by atomic mass is 35.5. The number of aromatic amines is 1. The summed E-state index contributed by atoms with van der Waals surface area (Å²) in [6, 6.07) is 15.6. The van der Waals surface area contributed by atoms with Crippen LogP contribution in [0.15, 0.2) is 65.6 Å². The number of rotatable bonds is 9. The van der Waals surface area contributed by atoms with Crippen LogP contribution in [-0.4, -0.2) is 35.3 Å². The quantitative estimate of drug-likeness (QED) is 0.272. The van der Waals surface area contributed by atoms with E-state index in [-0.39, 0.29) is 23.7 Å². The Balaban J connectivity index is 1.56. The lowest BCUT2D eigenvalue weighted by Gasteiger charge is -2.17. The Morgan fingerprint density at radius 3 is 2.70 bits per heavy atom. The highest BCUT2D eigenvalue weighted by Crippen LogP contribution is 2.28. The van der Waals surface area contributed by atoms with Crippen LogP contribution < -0.4 is 21.3 Å². The molecule has 2 heterocycles. The van der Waals surface area contributed by atoms with Crippen molar-refractivity contribution in [2.75, 3.05) is 19.0 Å². The van der Waals surface area contributed by atoms with Crippen LogP contribution in [0.4, 0.5) is 5.69 Å². The molecule has 0 radical (unpaired) electrons. The van der Waals surface area contributed by atoms with Gasteiger partial charge in [-0.2, -0.15) is 0 Å². The Bertz CT molecular complexity index is 1530. The predicted molar refractivity (Wildman–Crippen MR) is 145 cm³/mol. The second-order valence-electron chi connectivity index (χ2n) is 8.77. The van der Waals surface area contributed by atoms with E-state index < -0.39 is 11.5 Å². The van der Waals surface area contributed by atoms with Gasteiger partial charge < -0.3 is 20.8 Å². The number of halogens is 1. The highest BCUT2D eigenvalue weighted by Gasteiger charge is 2.19. The Hall–Kier alpha value is -4.01. The van der Waals surface area contributed by atoms with Crippen LogP contribution in [0.1, 0.15) is 50.6 Å². The second-order valence-corrected chi connectivity index (χ2v) is 9.20. The number of Topliss-reactive ketones (excluding diaryl/α,β-unsaturated/α-hetero) is 1. The molecule has 8 nitrogen and oxygen atoms in total. The van der Waals surface area contributed by atoms with Gasteiger partial charge in [-0.1, -0.05) is 35.9 Å². The molecule has 0 aliphatic heterocycles. The highest BCUT2D eigenvalue weighted by molar-refractivity contribution is 6.30. The van der Waals surface area contributed by atoms with Crippen molar-refractivity contribution in [3.05, 3.63) is 98.4 Å². The Labute approximate surface area is 218 Å². The molecule has 9 heteroatoms. The maximum absolute atomic E-state index is 13.2. The number of anilines is 1. The summed E-state index contributed by atoms with van der Waals surface area (Å²) in [6.07, 6.45) is 2.39. The van der Waals surface area contributed by atoms with Gasteiger partial charge in [-0.3, -0.25) is 14.4 Å². The molecule has 2 aromatic carbocycles. The average molecular weight is 519 g/mol. The number of pyridine rings is 2. The molecule has 0 bridgehead atoms. The van der Waals surface area contributed by atoms with Crippen LogP contribution in [0.25, 0.3) is 10.9 Å². The number of nitrogens with one attached hydrogen (secondary N) is 2. The Morgan fingerprint density at radius 1 is 1.16 bits per heavy atom. The summed E-state index contributed by atoms with van der Waals surface area (Å²) < 4.78 is 5.08. The standard InChI is InChI=1S/C28H27ClN4O4/c1-16-6-7-19(25(34)13-18(8-9-30)17-4-3-5-21(29)10-17)12-23(16)32-27(35)22-11-20-15-31-26(37-2)14-24(20)33-28(22)36/h3-7,10-12,14-15,18H,8-9,13,30H2,1-2H3,(H,32,35)(H,33,36). The first kappa shape index (κ1) is 26.1. The molecule has 37 heavy (non-hydrogen) atoms. The minimum Gasteiger partial charge on any atom is -0.481 e. The third-order valence-corrected chi connectivity index (χ3v) is 6.47. The van der Waals surface area contributed by atoms with E-state index in [9.17, 15) is 14.4 Å². The number of benzene rings is 2. The van der Waals surface area contributed by atoms with Gasteiger partial charge in [0, 0.05) is 40.3 Å². The number of hydrogen-bond acceptors (Lipinski definition) is 6. The fraction of sp³-hybridized carbons (Fsp3) is 0.214. The number of ether oxygens (including phenoxy) is 1. The van der Waals surface area contributed by atoms with E-state index in [4.69, 9.17) is 22.1 Å². The molecule has 4 N–H and O–H groups in total. The van der Waals surface area contributed by atoms with Gasteiger partial charge in [0.05, 0.1) is 12.6 Å². The minimum absolute atomic E-state index is 0.0698. The Morgan fingerprint density at radius 2 is 1.97 bits per heavy atom.